The highest BCUT2D eigenvalue weighted by atomic mass is 32.2. The summed E-state index contributed by atoms with van der Waals surface area (Å²) in [6.07, 6.45) is 4.45. The van der Waals surface area contributed by atoms with Crippen LogP contribution in [0.25, 0.3) is 10.9 Å². The van der Waals surface area contributed by atoms with E-state index in [1.807, 2.05) is 23.3 Å². The van der Waals surface area contributed by atoms with E-state index in [2.05, 4.69) is 14.9 Å². The lowest BCUT2D eigenvalue weighted by Gasteiger charge is -2.36. The van der Waals surface area contributed by atoms with Crippen molar-refractivity contribution >= 4 is 28.5 Å². The number of fused-ring (bicyclic) bond motifs is 1. The number of rotatable bonds is 6. The number of aromatic nitrogens is 2. The molecule has 0 aliphatic carbocycles. The lowest BCUT2D eigenvalue weighted by Crippen LogP contribution is -2.46. The summed E-state index contributed by atoms with van der Waals surface area (Å²) in [5, 5.41) is 12.3. The number of hydrogen-bond donors (Lipinski definition) is 0. The average molecular weight is 391 g/mol. The lowest BCUT2D eigenvalue weighted by molar-refractivity contribution is -0.403. The maximum atomic E-state index is 10.8. The Hall–Kier alpha value is -2.75. The van der Waals surface area contributed by atoms with Crippen LogP contribution in [0.4, 0.5) is 5.82 Å². The topological polar surface area (TPSA) is 93.9 Å². The van der Waals surface area contributed by atoms with Crippen molar-refractivity contribution in [1.82, 2.24) is 14.9 Å². The van der Waals surface area contributed by atoms with Gasteiger partial charge in [-0.25, -0.2) is 9.97 Å². The first-order chi connectivity index (χ1) is 13.1. The van der Waals surface area contributed by atoms with Gasteiger partial charge < -0.3 is 19.3 Å². The Bertz CT molecular complexity index is 868. The van der Waals surface area contributed by atoms with Crippen molar-refractivity contribution in [2.24, 2.45) is 0 Å². The van der Waals surface area contributed by atoms with Crippen molar-refractivity contribution in [3.8, 4) is 11.5 Å². The summed E-state index contributed by atoms with van der Waals surface area (Å²) in [6, 6.07) is 3.72. The Morgan fingerprint density at radius 3 is 2.44 bits per heavy atom. The Morgan fingerprint density at radius 1 is 1.19 bits per heavy atom. The molecule has 2 heterocycles. The number of anilines is 1. The van der Waals surface area contributed by atoms with E-state index in [-0.39, 0.29) is 0 Å². The zero-order valence-corrected chi connectivity index (χ0v) is 16.2. The molecule has 1 aliphatic heterocycles. The Balaban J connectivity index is 1.86. The van der Waals surface area contributed by atoms with Gasteiger partial charge in [-0.2, -0.15) is 0 Å². The summed E-state index contributed by atoms with van der Waals surface area (Å²) in [4.78, 5) is 23.4. The van der Waals surface area contributed by atoms with Crippen LogP contribution in [0.2, 0.25) is 0 Å². The molecule has 0 radical (unpaired) electrons. The van der Waals surface area contributed by atoms with Crippen LogP contribution >= 0.6 is 11.8 Å². The Labute approximate surface area is 161 Å². The zero-order valence-electron chi connectivity index (χ0n) is 15.4. The van der Waals surface area contributed by atoms with Gasteiger partial charge in [-0.1, -0.05) is 0 Å². The summed E-state index contributed by atoms with van der Waals surface area (Å²) in [5.41, 5.74) is 0.776. The Morgan fingerprint density at radius 2 is 1.85 bits per heavy atom. The van der Waals surface area contributed by atoms with Gasteiger partial charge >= 0.3 is 0 Å². The fourth-order valence-corrected chi connectivity index (χ4v) is 3.75. The summed E-state index contributed by atoms with van der Waals surface area (Å²) in [6.45, 7) is 2.77. The number of benzene rings is 1. The molecule has 144 valence electrons. The van der Waals surface area contributed by atoms with Crippen LogP contribution in [0.1, 0.15) is 0 Å². The molecule has 0 N–H and O–H groups in total. The zero-order chi connectivity index (χ0) is 19.4. The monoisotopic (exact) mass is 391 g/mol. The van der Waals surface area contributed by atoms with E-state index in [4.69, 9.17) is 9.47 Å². The number of nitro groups is 1. The summed E-state index contributed by atoms with van der Waals surface area (Å²) < 4.78 is 10.8. The van der Waals surface area contributed by atoms with Crippen LogP contribution < -0.4 is 14.4 Å². The molecule has 1 aromatic carbocycles. The largest absolute Gasteiger partial charge is 0.493 e. The molecule has 0 unspecified atom stereocenters. The summed E-state index contributed by atoms with van der Waals surface area (Å²) in [7, 11) is 3.18. The molecule has 1 fully saturated rings. The van der Waals surface area contributed by atoms with Gasteiger partial charge in [0.25, 0.3) is 6.20 Å². The van der Waals surface area contributed by atoms with Crippen LogP contribution in [0, 0.1) is 10.1 Å². The number of ether oxygens (including phenoxy) is 2. The summed E-state index contributed by atoms with van der Waals surface area (Å²) in [5.74, 6) is 2.07. The van der Waals surface area contributed by atoms with E-state index in [0.717, 1.165) is 22.9 Å². The predicted molar refractivity (Wildman–Crippen MR) is 105 cm³/mol. The van der Waals surface area contributed by atoms with Crippen molar-refractivity contribution in [3.63, 3.8) is 0 Å². The van der Waals surface area contributed by atoms with E-state index < -0.39 is 4.92 Å². The van der Waals surface area contributed by atoms with Crippen LogP contribution in [0.5, 0.6) is 11.5 Å². The fourth-order valence-electron chi connectivity index (χ4n) is 3.11. The molecule has 0 atom stereocenters. The van der Waals surface area contributed by atoms with Gasteiger partial charge in [0.1, 0.15) is 17.2 Å². The average Bonchev–Trinajstić information content (AvgIpc) is 2.70. The predicted octanol–water partition coefficient (Wildman–Crippen LogP) is 2.21. The number of piperazine rings is 1. The van der Waals surface area contributed by atoms with Gasteiger partial charge in [-0.3, -0.25) is 10.1 Å². The van der Waals surface area contributed by atoms with Crippen molar-refractivity contribution in [2.75, 3.05) is 51.6 Å². The molecular weight excluding hydrogens is 370 g/mol. The molecular formula is C17H21N5O4S. The second-order valence-corrected chi connectivity index (χ2v) is 6.68. The lowest BCUT2D eigenvalue weighted by atomic mass is 10.2. The molecule has 0 amide bonds. The van der Waals surface area contributed by atoms with Crippen LogP contribution in [0.3, 0.4) is 0 Å². The van der Waals surface area contributed by atoms with E-state index in [9.17, 15) is 10.1 Å². The first-order valence-corrected chi connectivity index (χ1v) is 9.55. The molecule has 2 aromatic rings. The van der Waals surface area contributed by atoms with Gasteiger partial charge in [-0.15, -0.1) is 11.8 Å². The second-order valence-electron chi connectivity index (χ2n) is 5.85. The smallest absolute Gasteiger partial charge is 0.264 e. The highest BCUT2D eigenvalue weighted by molar-refractivity contribution is 8.02. The quantitative estimate of drug-likeness (QED) is 0.542. The van der Waals surface area contributed by atoms with E-state index >= 15 is 0 Å². The molecule has 9 nitrogen and oxygen atoms in total. The number of thioether (sulfide) groups is 1. The first kappa shape index (κ1) is 19.0. The molecule has 1 aliphatic rings. The van der Waals surface area contributed by atoms with Crippen molar-refractivity contribution < 1.29 is 14.4 Å². The third kappa shape index (κ3) is 4.00. The standard InChI is InChI=1S/C17H21N5O4S/c1-25-14-8-12-13(9-15(14)26-2)18-11-19-17(12)21-6-4-20(5-7-21)16(27-3)10-22(23)24/h8-11H,4-7H2,1-3H3. The minimum Gasteiger partial charge on any atom is -0.493 e. The number of nitrogens with zero attached hydrogens (tertiary/aromatic N) is 5. The molecule has 27 heavy (non-hydrogen) atoms. The van der Waals surface area contributed by atoms with Crippen LogP contribution in [-0.2, 0) is 0 Å². The molecule has 0 bridgehead atoms. The van der Waals surface area contributed by atoms with Crippen molar-refractivity contribution in [1.29, 1.82) is 0 Å². The van der Waals surface area contributed by atoms with E-state index in [0.29, 0.717) is 42.7 Å². The van der Waals surface area contributed by atoms with Crippen molar-refractivity contribution in [2.45, 2.75) is 0 Å². The van der Waals surface area contributed by atoms with E-state index in [1.54, 1.807) is 14.2 Å². The van der Waals surface area contributed by atoms with Gasteiger partial charge in [0.15, 0.2) is 11.5 Å². The van der Waals surface area contributed by atoms with Gasteiger partial charge in [0.05, 0.1) is 24.7 Å². The minimum atomic E-state index is -0.407. The van der Waals surface area contributed by atoms with Crippen LogP contribution in [0.15, 0.2) is 29.7 Å². The molecule has 0 saturated carbocycles. The van der Waals surface area contributed by atoms with Gasteiger partial charge in [0, 0.05) is 37.6 Å². The molecule has 0 spiro atoms. The molecule has 10 heteroatoms. The third-order valence-electron chi connectivity index (χ3n) is 4.44. The van der Waals surface area contributed by atoms with Crippen molar-refractivity contribution in [3.05, 3.63) is 39.8 Å². The third-order valence-corrected chi connectivity index (χ3v) is 5.22. The highest BCUT2D eigenvalue weighted by Crippen LogP contribution is 2.35. The number of methoxy groups -OCH3 is 2. The number of hydrogen-bond acceptors (Lipinski definition) is 9. The first-order valence-electron chi connectivity index (χ1n) is 8.33. The fraction of sp³-hybridized carbons (Fsp3) is 0.412. The maximum Gasteiger partial charge on any atom is 0.264 e. The van der Waals surface area contributed by atoms with Crippen LogP contribution in [-0.4, -0.2) is 66.4 Å². The normalized spacial score (nSPS) is 15.1. The maximum absolute atomic E-state index is 10.8. The van der Waals surface area contributed by atoms with Gasteiger partial charge in [0.2, 0.25) is 0 Å². The molecule has 1 aromatic heterocycles. The highest BCUT2D eigenvalue weighted by Gasteiger charge is 2.23. The molecule has 3 rings (SSSR count). The van der Waals surface area contributed by atoms with Gasteiger partial charge in [-0.05, 0) is 12.3 Å². The van der Waals surface area contributed by atoms with E-state index in [1.165, 1.54) is 18.1 Å². The molecule has 1 saturated heterocycles. The minimum absolute atomic E-state index is 0.407. The Kier molecular flexibility index (Phi) is 5.84. The SMILES string of the molecule is COc1cc2ncnc(N3CCN(C(=C[N+](=O)[O-])SC)CC3)c2cc1OC. The second kappa shape index (κ2) is 8.30. The summed E-state index contributed by atoms with van der Waals surface area (Å²) >= 11 is 1.38.